The highest BCUT2D eigenvalue weighted by Crippen LogP contribution is 2.24. The summed E-state index contributed by atoms with van der Waals surface area (Å²) in [6.07, 6.45) is -0.0329. The molecule has 1 aromatic rings. The normalized spacial score (nSPS) is 13.2. The minimum atomic E-state index is -0.337. The van der Waals surface area contributed by atoms with Gasteiger partial charge in [0.25, 0.3) is 0 Å². The summed E-state index contributed by atoms with van der Waals surface area (Å²) in [6, 6.07) is 5.04. The van der Waals surface area contributed by atoms with Gasteiger partial charge in [-0.05, 0) is 45.6 Å². The largest absolute Gasteiger partial charge is 0.488 e. The van der Waals surface area contributed by atoms with Crippen molar-refractivity contribution in [3.05, 3.63) is 29.6 Å². The Morgan fingerprint density at radius 2 is 2.00 bits per heavy atom. The van der Waals surface area contributed by atoms with Crippen LogP contribution in [0, 0.1) is 5.82 Å². The Kier molecular flexibility index (Phi) is 4.90. The summed E-state index contributed by atoms with van der Waals surface area (Å²) in [5.74, 6) is -0.0465. The maximum atomic E-state index is 13.8. The van der Waals surface area contributed by atoms with Crippen LogP contribution < -0.4 is 10.5 Å². The van der Waals surface area contributed by atoms with Gasteiger partial charge in [0, 0.05) is 12.6 Å². The van der Waals surface area contributed by atoms with Gasteiger partial charge in [0.1, 0.15) is 0 Å². The Morgan fingerprint density at radius 1 is 1.35 bits per heavy atom. The first kappa shape index (κ1) is 13.9. The van der Waals surface area contributed by atoms with Crippen LogP contribution in [0.2, 0.25) is 0 Å². The summed E-state index contributed by atoms with van der Waals surface area (Å²) in [5, 5.41) is 0. The predicted octanol–water partition coefficient (Wildman–Crippen LogP) is 2.17. The Labute approximate surface area is 102 Å². The van der Waals surface area contributed by atoms with E-state index >= 15 is 0 Å². The first-order valence-electron chi connectivity index (χ1n) is 5.78. The van der Waals surface area contributed by atoms with Crippen LogP contribution in [0.4, 0.5) is 4.39 Å². The average molecular weight is 240 g/mol. The lowest BCUT2D eigenvalue weighted by Crippen LogP contribution is -2.27. The van der Waals surface area contributed by atoms with E-state index in [-0.39, 0.29) is 18.0 Å². The van der Waals surface area contributed by atoms with E-state index in [9.17, 15) is 4.39 Å². The second-order valence-electron chi connectivity index (χ2n) is 4.57. The molecule has 0 aliphatic heterocycles. The van der Waals surface area contributed by atoms with Crippen molar-refractivity contribution < 1.29 is 9.13 Å². The van der Waals surface area contributed by atoms with Gasteiger partial charge in [0.15, 0.2) is 11.6 Å². The molecule has 0 aliphatic rings. The SMILES string of the molecule is CC(C)Oc1ccc(C(CN)N(C)C)cc1F. The molecule has 0 amide bonds. The highest BCUT2D eigenvalue weighted by molar-refractivity contribution is 5.31. The molecule has 0 aliphatic carbocycles. The topological polar surface area (TPSA) is 38.5 Å². The van der Waals surface area contributed by atoms with E-state index in [1.54, 1.807) is 6.07 Å². The predicted molar refractivity (Wildman–Crippen MR) is 67.6 cm³/mol. The lowest BCUT2D eigenvalue weighted by molar-refractivity contribution is 0.230. The molecule has 1 rings (SSSR count). The molecule has 0 heterocycles. The fourth-order valence-corrected chi connectivity index (χ4v) is 1.72. The van der Waals surface area contributed by atoms with E-state index < -0.39 is 0 Å². The molecule has 2 N–H and O–H groups in total. The molecule has 0 spiro atoms. The molecule has 0 aromatic heterocycles. The number of hydrogen-bond donors (Lipinski definition) is 1. The van der Waals surface area contributed by atoms with Gasteiger partial charge in [-0.25, -0.2) is 4.39 Å². The minimum absolute atomic E-state index is 0.0256. The lowest BCUT2D eigenvalue weighted by Gasteiger charge is -2.23. The zero-order chi connectivity index (χ0) is 13.0. The summed E-state index contributed by atoms with van der Waals surface area (Å²) in [4.78, 5) is 1.97. The van der Waals surface area contributed by atoms with Gasteiger partial charge in [-0.15, -0.1) is 0 Å². The third-order valence-electron chi connectivity index (χ3n) is 2.55. The molecular formula is C13H21FN2O. The third kappa shape index (κ3) is 3.68. The standard InChI is InChI=1S/C13H21FN2O/c1-9(2)17-13-6-5-10(7-11(13)14)12(8-15)16(3)4/h5-7,9,12H,8,15H2,1-4H3. The smallest absolute Gasteiger partial charge is 0.165 e. The average Bonchev–Trinajstić information content (AvgIpc) is 2.22. The summed E-state index contributed by atoms with van der Waals surface area (Å²) < 4.78 is 19.1. The van der Waals surface area contributed by atoms with Crippen LogP contribution in [0.1, 0.15) is 25.5 Å². The van der Waals surface area contributed by atoms with Crippen LogP contribution in [-0.2, 0) is 0 Å². The molecule has 96 valence electrons. The number of rotatable bonds is 5. The van der Waals surface area contributed by atoms with Crippen molar-refractivity contribution in [3.8, 4) is 5.75 Å². The molecule has 1 atom stereocenters. The maximum absolute atomic E-state index is 13.8. The summed E-state index contributed by atoms with van der Waals surface area (Å²) in [7, 11) is 3.85. The minimum Gasteiger partial charge on any atom is -0.488 e. The number of benzene rings is 1. The van der Waals surface area contributed by atoms with E-state index in [2.05, 4.69) is 0 Å². The molecular weight excluding hydrogens is 219 g/mol. The molecule has 3 nitrogen and oxygen atoms in total. The van der Waals surface area contributed by atoms with Crippen LogP contribution in [0.15, 0.2) is 18.2 Å². The lowest BCUT2D eigenvalue weighted by atomic mass is 10.1. The van der Waals surface area contributed by atoms with Gasteiger partial charge < -0.3 is 15.4 Å². The van der Waals surface area contributed by atoms with Crippen molar-refractivity contribution in [1.29, 1.82) is 0 Å². The Balaban J connectivity index is 2.95. The van der Waals surface area contributed by atoms with Crippen LogP contribution in [0.25, 0.3) is 0 Å². The summed E-state index contributed by atoms with van der Waals surface area (Å²) in [6.45, 7) is 4.20. The zero-order valence-corrected chi connectivity index (χ0v) is 10.9. The highest BCUT2D eigenvalue weighted by Gasteiger charge is 2.15. The fourth-order valence-electron chi connectivity index (χ4n) is 1.72. The third-order valence-corrected chi connectivity index (χ3v) is 2.55. The highest BCUT2D eigenvalue weighted by atomic mass is 19.1. The van der Waals surface area contributed by atoms with Gasteiger partial charge in [0.05, 0.1) is 6.10 Å². The summed E-state index contributed by atoms with van der Waals surface area (Å²) in [5.41, 5.74) is 6.55. The van der Waals surface area contributed by atoms with Gasteiger partial charge in [-0.2, -0.15) is 0 Å². The van der Waals surface area contributed by atoms with Crippen LogP contribution in [0.3, 0.4) is 0 Å². The summed E-state index contributed by atoms with van der Waals surface area (Å²) >= 11 is 0. The fraction of sp³-hybridized carbons (Fsp3) is 0.538. The molecule has 4 heteroatoms. The Morgan fingerprint density at radius 3 is 2.41 bits per heavy atom. The Hall–Kier alpha value is -1.13. The van der Waals surface area contributed by atoms with Crippen molar-refractivity contribution in [2.24, 2.45) is 5.73 Å². The van der Waals surface area contributed by atoms with Crippen molar-refractivity contribution in [3.63, 3.8) is 0 Å². The molecule has 0 radical (unpaired) electrons. The molecule has 0 saturated heterocycles. The van der Waals surface area contributed by atoms with E-state index in [1.807, 2.05) is 38.9 Å². The monoisotopic (exact) mass is 240 g/mol. The van der Waals surface area contributed by atoms with Gasteiger partial charge in [-0.1, -0.05) is 6.07 Å². The van der Waals surface area contributed by atoms with Crippen molar-refractivity contribution in [2.45, 2.75) is 26.0 Å². The number of halogens is 1. The quantitative estimate of drug-likeness (QED) is 0.857. The second kappa shape index (κ2) is 5.98. The van der Waals surface area contributed by atoms with E-state index in [1.165, 1.54) is 6.07 Å². The van der Waals surface area contributed by atoms with Crippen molar-refractivity contribution in [1.82, 2.24) is 4.90 Å². The van der Waals surface area contributed by atoms with Crippen LogP contribution >= 0.6 is 0 Å². The van der Waals surface area contributed by atoms with Gasteiger partial charge >= 0.3 is 0 Å². The maximum Gasteiger partial charge on any atom is 0.165 e. The molecule has 0 saturated carbocycles. The molecule has 1 aromatic carbocycles. The first-order valence-corrected chi connectivity index (χ1v) is 5.78. The number of nitrogens with two attached hydrogens (primary N) is 1. The van der Waals surface area contributed by atoms with E-state index in [0.717, 1.165) is 5.56 Å². The van der Waals surface area contributed by atoms with Crippen molar-refractivity contribution >= 4 is 0 Å². The number of nitrogens with zero attached hydrogens (tertiary/aromatic N) is 1. The van der Waals surface area contributed by atoms with Crippen LogP contribution in [-0.4, -0.2) is 31.6 Å². The molecule has 1 unspecified atom stereocenters. The first-order chi connectivity index (χ1) is 7.95. The van der Waals surface area contributed by atoms with Gasteiger partial charge in [0.2, 0.25) is 0 Å². The zero-order valence-electron chi connectivity index (χ0n) is 10.9. The van der Waals surface area contributed by atoms with Crippen LogP contribution in [0.5, 0.6) is 5.75 Å². The number of hydrogen-bond acceptors (Lipinski definition) is 3. The molecule has 0 fully saturated rings. The van der Waals surface area contributed by atoms with Gasteiger partial charge in [-0.3, -0.25) is 0 Å². The van der Waals surface area contributed by atoms with E-state index in [0.29, 0.717) is 12.3 Å². The number of ether oxygens (including phenoxy) is 1. The molecule has 0 bridgehead atoms. The molecule has 17 heavy (non-hydrogen) atoms. The second-order valence-corrected chi connectivity index (χ2v) is 4.57. The van der Waals surface area contributed by atoms with Crippen molar-refractivity contribution in [2.75, 3.05) is 20.6 Å². The van der Waals surface area contributed by atoms with E-state index in [4.69, 9.17) is 10.5 Å². The number of likely N-dealkylation sites (N-methyl/N-ethyl adjacent to an activating group) is 1. The Bertz CT molecular complexity index is 366.